The first-order chi connectivity index (χ1) is 6.15. The Labute approximate surface area is 79.4 Å². The van der Waals surface area contributed by atoms with Gasteiger partial charge in [0.1, 0.15) is 0 Å². The zero-order chi connectivity index (χ0) is 9.84. The van der Waals surface area contributed by atoms with E-state index in [1.807, 2.05) is 33.2 Å². The fraction of sp³-hybridized carbons (Fsp3) is 0.364. The van der Waals surface area contributed by atoms with Crippen molar-refractivity contribution in [3.05, 3.63) is 34.9 Å². The Hall–Kier alpha value is -1.33. The molecule has 0 aliphatic carbocycles. The molecule has 0 fully saturated rings. The number of nitriles is 1. The third kappa shape index (κ3) is 2.30. The van der Waals surface area contributed by atoms with Crippen LogP contribution < -0.4 is 0 Å². The first kappa shape index (κ1) is 9.76. The van der Waals surface area contributed by atoms with Crippen LogP contribution >= 0.6 is 0 Å². The third-order valence-corrected chi connectivity index (χ3v) is 2.05. The molecule has 0 aliphatic heterocycles. The molecule has 0 unspecified atom stereocenters. The summed E-state index contributed by atoms with van der Waals surface area (Å²) in [5, 5.41) is 8.81. The van der Waals surface area contributed by atoms with E-state index in [0.717, 1.165) is 17.7 Å². The highest BCUT2D eigenvalue weighted by atomic mass is 15.0. The van der Waals surface area contributed by atoms with Gasteiger partial charge in [0.25, 0.3) is 0 Å². The highest BCUT2D eigenvalue weighted by Gasteiger charge is 2.03. The van der Waals surface area contributed by atoms with E-state index in [0.29, 0.717) is 0 Å². The first-order valence-electron chi connectivity index (χ1n) is 4.28. The van der Waals surface area contributed by atoms with Crippen molar-refractivity contribution in [2.45, 2.75) is 13.5 Å². The largest absolute Gasteiger partial charge is 0.305 e. The van der Waals surface area contributed by atoms with Crippen LogP contribution in [0.4, 0.5) is 0 Å². The van der Waals surface area contributed by atoms with Crippen LogP contribution in [0.15, 0.2) is 18.2 Å². The molecule has 1 rings (SSSR count). The molecule has 0 aliphatic rings. The van der Waals surface area contributed by atoms with Gasteiger partial charge in [0.15, 0.2) is 0 Å². The fourth-order valence-electron chi connectivity index (χ4n) is 1.32. The van der Waals surface area contributed by atoms with Crippen molar-refractivity contribution in [2.24, 2.45) is 0 Å². The molecule has 2 nitrogen and oxygen atoms in total. The summed E-state index contributed by atoms with van der Waals surface area (Å²) < 4.78 is 0. The number of hydrogen-bond donors (Lipinski definition) is 0. The molecule has 0 saturated carbocycles. The van der Waals surface area contributed by atoms with Gasteiger partial charge in [0.2, 0.25) is 0 Å². The van der Waals surface area contributed by atoms with Crippen molar-refractivity contribution in [3.63, 3.8) is 0 Å². The van der Waals surface area contributed by atoms with E-state index in [2.05, 4.69) is 17.0 Å². The Morgan fingerprint density at radius 2 is 2.08 bits per heavy atom. The maximum Gasteiger partial charge on any atom is 0.0994 e. The second kappa shape index (κ2) is 4.06. The molecule has 0 radical (unpaired) electrons. The second-order valence-electron chi connectivity index (χ2n) is 3.44. The van der Waals surface area contributed by atoms with E-state index < -0.39 is 0 Å². The summed E-state index contributed by atoms with van der Waals surface area (Å²) in [6.07, 6.45) is 0. The maximum atomic E-state index is 8.81. The Kier molecular flexibility index (Phi) is 3.05. The van der Waals surface area contributed by atoms with Crippen molar-refractivity contribution in [3.8, 4) is 6.07 Å². The van der Waals surface area contributed by atoms with Gasteiger partial charge in [-0.2, -0.15) is 5.26 Å². The summed E-state index contributed by atoms with van der Waals surface area (Å²) in [4.78, 5) is 2.10. The van der Waals surface area contributed by atoms with E-state index in [-0.39, 0.29) is 0 Å². The molecular weight excluding hydrogens is 160 g/mol. The van der Waals surface area contributed by atoms with Gasteiger partial charge in [-0.3, -0.25) is 0 Å². The smallest absolute Gasteiger partial charge is 0.0994 e. The van der Waals surface area contributed by atoms with Crippen LogP contribution in [0.3, 0.4) is 0 Å². The van der Waals surface area contributed by atoms with Crippen molar-refractivity contribution < 1.29 is 0 Å². The molecule has 0 bridgehead atoms. The summed E-state index contributed by atoms with van der Waals surface area (Å²) >= 11 is 0. The summed E-state index contributed by atoms with van der Waals surface area (Å²) in [7, 11) is 4.05. The van der Waals surface area contributed by atoms with Crippen LogP contribution in [-0.4, -0.2) is 19.0 Å². The minimum Gasteiger partial charge on any atom is -0.305 e. The number of rotatable bonds is 2. The average Bonchev–Trinajstić information content (AvgIpc) is 2.08. The maximum absolute atomic E-state index is 8.81. The van der Waals surface area contributed by atoms with Crippen LogP contribution in [0.1, 0.15) is 16.7 Å². The standard InChI is InChI=1S/C11H14N2/c1-9-10(7-12)5-4-6-11(9)8-13(2)3/h4-6H,8H2,1-3H3. The van der Waals surface area contributed by atoms with E-state index in [1.54, 1.807) is 0 Å². The molecule has 0 saturated heterocycles. The Bertz CT molecular complexity index is 334. The Morgan fingerprint density at radius 1 is 1.38 bits per heavy atom. The molecule has 1 aromatic rings. The van der Waals surface area contributed by atoms with Crippen molar-refractivity contribution in [1.29, 1.82) is 5.26 Å². The van der Waals surface area contributed by atoms with Crippen LogP contribution in [0, 0.1) is 18.3 Å². The first-order valence-corrected chi connectivity index (χ1v) is 4.28. The summed E-state index contributed by atoms with van der Waals surface area (Å²) in [5.74, 6) is 0. The van der Waals surface area contributed by atoms with Gasteiger partial charge in [0, 0.05) is 6.54 Å². The normalized spacial score (nSPS) is 10.1. The lowest BCUT2D eigenvalue weighted by molar-refractivity contribution is 0.401. The minimum atomic E-state index is 0.777. The summed E-state index contributed by atoms with van der Waals surface area (Å²) in [6, 6.07) is 8.05. The number of nitrogens with zero attached hydrogens (tertiary/aromatic N) is 2. The Balaban J connectivity index is 3.03. The van der Waals surface area contributed by atoms with Crippen LogP contribution in [0.25, 0.3) is 0 Å². The van der Waals surface area contributed by atoms with Gasteiger partial charge < -0.3 is 4.90 Å². The second-order valence-corrected chi connectivity index (χ2v) is 3.44. The molecule has 0 heterocycles. The van der Waals surface area contributed by atoms with Crippen molar-refractivity contribution >= 4 is 0 Å². The van der Waals surface area contributed by atoms with Gasteiger partial charge in [-0.1, -0.05) is 12.1 Å². The van der Waals surface area contributed by atoms with E-state index in [4.69, 9.17) is 5.26 Å². The minimum absolute atomic E-state index is 0.777. The predicted octanol–water partition coefficient (Wildman–Crippen LogP) is 1.93. The molecule has 68 valence electrons. The van der Waals surface area contributed by atoms with Gasteiger partial charge in [-0.05, 0) is 38.2 Å². The fourth-order valence-corrected chi connectivity index (χ4v) is 1.32. The summed E-state index contributed by atoms with van der Waals surface area (Å²) in [6.45, 7) is 2.89. The van der Waals surface area contributed by atoms with Gasteiger partial charge >= 0.3 is 0 Å². The molecule has 0 aromatic heterocycles. The zero-order valence-electron chi connectivity index (χ0n) is 8.33. The van der Waals surface area contributed by atoms with Crippen LogP contribution in [0.5, 0.6) is 0 Å². The monoisotopic (exact) mass is 174 g/mol. The van der Waals surface area contributed by atoms with Gasteiger partial charge in [0.05, 0.1) is 11.6 Å². The SMILES string of the molecule is Cc1c(C#N)cccc1CN(C)C. The third-order valence-electron chi connectivity index (χ3n) is 2.05. The van der Waals surface area contributed by atoms with Crippen LogP contribution in [0.2, 0.25) is 0 Å². The predicted molar refractivity (Wildman–Crippen MR) is 53.3 cm³/mol. The van der Waals surface area contributed by atoms with Gasteiger partial charge in [-0.15, -0.1) is 0 Å². The molecule has 0 amide bonds. The van der Waals surface area contributed by atoms with Gasteiger partial charge in [-0.25, -0.2) is 0 Å². The van der Waals surface area contributed by atoms with E-state index in [1.165, 1.54) is 5.56 Å². The van der Waals surface area contributed by atoms with Crippen molar-refractivity contribution in [2.75, 3.05) is 14.1 Å². The summed E-state index contributed by atoms with van der Waals surface area (Å²) in [5.41, 5.74) is 3.10. The lowest BCUT2D eigenvalue weighted by atomic mass is 10.0. The lowest BCUT2D eigenvalue weighted by Crippen LogP contribution is -2.11. The molecule has 0 spiro atoms. The Morgan fingerprint density at radius 3 is 2.62 bits per heavy atom. The topological polar surface area (TPSA) is 27.0 Å². The molecule has 0 atom stereocenters. The molecule has 0 N–H and O–H groups in total. The molecule has 13 heavy (non-hydrogen) atoms. The highest BCUT2D eigenvalue weighted by Crippen LogP contribution is 2.13. The average molecular weight is 174 g/mol. The number of hydrogen-bond acceptors (Lipinski definition) is 2. The lowest BCUT2D eigenvalue weighted by Gasteiger charge is -2.12. The van der Waals surface area contributed by atoms with Crippen molar-refractivity contribution in [1.82, 2.24) is 4.90 Å². The van der Waals surface area contributed by atoms with E-state index in [9.17, 15) is 0 Å². The number of benzene rings is 1. The van der Waals surface area contributed by atoms with E-state index >= 15 is 0 Å². The zero-order valence-corrected chi connectivity index (χ0v) is 8.33. The molecule has 1 aromatic carbocycles. The molecular formula is C11H14N2. The quantitative estimate of drug-likeness (QED) is 0.685. The highest BCUT2D eigenvalue weighted by molar-refractivity contribution is 5.41. The molecule has 2 heteroatoms. The van der Waals surface area contributed by atoms with Crippen LogP contribution in [-0.2, 0) is 6.54 Å².